The lowest BCUT2D eigenvalue weighted by Crippen LogP contribution is -2.26. The molecule has 0 spiro atoms. The Morgan fingerprint density at radius 3 is 1.40 bits per heavy atom. The molecule has 0 saturated heterocycles. The van der Waals surface area contributed by atoms with E-state index in [4.69, 9.17) is 4.43 Å². The Labute approximate surface area is 68.9 Å². The van der Waals surface area contributed by atoms with Gasteiger partial charge in [0.15, 0.2) is 8.32 Å². The Hall–Kier alpha value is 0.177. The molecule has 0 N–H and O–H groups in total. The molecule has 0 saturated carbocycles. The van der Waals surface area contributed by atoms with E-state index in [0.29, 0.717) is 0 Å². The van der Waals surface area contributed by atoms with E-state index in [9.17, 15) is 0 Å². The van der Waals surface area contributed by atoms with Crippen LogP contribution < -0.4 is 0 Å². The van der Waals surface area contributed by atoms with Gasteiger partial charge in [0.2, 0.25) is 0 Å². The van der Waals surface area contributed by atoms with Gasteiger partial charge in [0.05, 0.1) is 0 Å². The molecule has 0 atom stereocenters. The smallest absolute Gasteiger partial charge is 0.185 e. The molecular weight excluding hydrogens is 140 g/mol. The fraction of sp³-hybridized carbons (Fsp3) is 1.00. The highest BCUT2D eigenvalue weighted by atomic mass is 28.4. The minimum atomic E-state index is -1.15. The van der Waals surface area contributed by atoms with E-state index in [1.165, 1.54) is 6.04 Å². The van der Waals surface area contributed by atoms with E-state index >= 15 is 0 Å². The Bertz CT molecular complexity index is 47.2. The van der Waals surface area contributed by atoms with Crippen LogP contribution in [0.4, 0.5) is 0 Å². The van der Waals surface area contributed by atoms with Gasteiger partial charge in [-0.2, -0.15) is 0 Å². The molecule has 0 aromatic carbocycles. The van der Waals surface area contributed by atoms with Gasteiger partial charge in [-0.3, -0.25) is 0 Å². The topological polar surface area (TPSA) is 9.23 Å². The number of hydrogen-bond acceptors (Lipinski definition) is 1. The molecule has 0 aromatic heterocycles. The van der Waals surface area contributed by atoms with Gasteiger partial charge in [0.1, 0.15) is 0 Å². The van der Waals surface area contributed by atoms with E-state index < -0.39 is 8.32 Å². The van der Waals surface area contributed by atoms with Crippen LogP contribution in [-0.2, 0) is 4.43 Å². The summed E-state index contributed by atoms with van der Waals surface area (Å²) in [5, 5.41) is 0. The van der Waals surface area contributed by atoms with Crippen molar-refractivity contribution in [3.8, 4) is 0 Å². The van der Waals surface area contributed by atoms with Gasteiger partial charge in [-0.25, -0.2) is 0 Å². The fourth-order valence-corrected chi connectivity index (χ4v) is 0.433. The molecule has 0 rings (SSSR count). The molecule has 0 amide bonds. The van der Waals surface area contributed by atoms with Crippen molar-refractivity contribution in [3.63, 3.8) is 0 Å². The first-order chi connectivity index (χ1) is 3.12. The average Bonchev–Trinajstić information content (AvgIpc) is 1.68. The molecule has 0 radical (unpaired) electrons. The zero-order valence-corrected chi connectivity index (χ0v) is 6.62. The molecule has 0 aromatic rings. The highest BCUT2D eigenvalue weighted by Gasteiger charge is 2.15. The Morgan fingerprint density at radius 2 is 1.40 bits per heavy atom. The molecule has 0 fully saturated rings. The lowest BCUT2D eigenvalue weighted by Gasteiger charge is -2.15. The van der Waals surface area contributed by atoms with Crippen LogP contribution in [0.3, 0.4) is 0 Å². The largest absolute Gasteiger partial charge is 0.420 e. The summed E-state index contributed by atoms with van der Waals surface area (Å²) in [5.41, 5.74) is 0. The summed E-state index contributed by atoms with van der Waals surface area (Å²) >= 11 is 0. The molecule has 68 valence electrons. The van der Waals surface area contributed by atoms with Crippen molar-refractivity contribution in [2.24, 2.45) is 0 Å². The molecule has 10 heavy (non-hydrogen) atoms. The minimum Gasteiger partial charge on any atom is -0.420 e. The lowest BCUT2D eigenvalue weighted by atomic mass is 11.0. The van der Waals surface area contributed by atoms with Gasteiger partial charge in [-0.15, -0.1) is 0 Å². The quantitative estimate of drug-likeness (QED) is 0.568. The third-order valence-corrected chi connectivity index (χ3v) is 4.21. The van der Waals surface area contributed by atoms with Crippen LogP contribution in [0.15, 0.2) is 0 Å². The monoisotopic (exact) mass is 166 g/mol. The minimum absolute atomic E-state index is 0. The lowest BCUT2D eigenvalue weighted by molar-refractivity contribution is 0.405. The Kier molecular flexibility index (Phi) is 20.6. The summed E-state index contributed by atoms with van der Waals surface area (Å²) in [6, 6.07) is 1.21. The second-order valence-corrected chi connectivity index (χ2v) is 6.95. The summed E-state index contributed by atoms with van der Waals surface area (Å²) in [6.07, 6.45) is 0. The third kappa shape index (κ3) is 11.0. The SMILES string of the molecule is C.C.C.CC[Si](C)(C)OC. The first-order valence-electron chi connectivity index (χ1n) is 2.67. The Morgan fingerprint density at radius 1 is 1.10 bits per heavy atom. The predicted octanol–water partition coefficient (Wildman–Crippen LogP) is 3.77. The highest BCUT2D eigenvalue weighted by Crippen LogP contribution is 2.06. The van der Waals surface area contributed by atoms with Gasteiger partial charge >= 0.3 is 0 Å². The van der Waals surface area contributed by atoms with Gasteiger partial charge in [0.25, 0.3) is 0 Å². The first kappa shape index (κ1) is 22.5. The molecule has 0 aliphatic carbocycles. The van der Waals surface area contributed by atoms with Gasteiger partial charge in [0, 0.05) is 7.11 Å². The fourth-order valence-electron chi connectivity index (χ4n) is 0.144. The van der Waals surface area contributed by atoms with Crippen molar-refractivity contribution < 1.29 is 4.43 Å². The molecule has 2 heteroatoms. The van der Waals surface area contributed by atoms with E-state index in [1.807, 2.05) is 0 Å². The Balaban J connectivity index is -0.0000000600. The molecule has 0 bridgehead atoms. The number of rotatable bonds is 2. The van der Waals surface area contributed by atoms with Crippen LogP contribution in [0.2, 0.25) is 19.1 Å². The van der Waals surface area contributed by atoms with E-state index in [0.717, 1.165) is 0 Å². The van der Waals surface area contributed by atoms with Crippen molar-refractivity contribution in [1.29, 1.82) is 0 Å². The van der Waals surface area contributed by atoms with Crippen molar-refractivity contribution in [2.75, 3.05) is 7.11 Å². The van der Waals surface area contributed by atoms with Crippen molar-refractivity contribution in [3.05, 3.63) is 0 Å². The predicted molar refractivity (Wildman–Crippen MR) is 55.2 cm³/mol. The van der Waals surface area contributed by atoms with E-state index in [2.05, 4.69) is 20.0 Å². The second kappa shape index (κ2) is 9.18. The molecule has 1 nitrogen and oxygen atoms in total. The second-order valence-electron chi connectivity index (χ2n) is 2.32. The maximum absolute atomic E-state index is 5.23. The first-order valence-corrected chi connectivity index (χ1v) is 5.79. The maximum atomic E-state index is 5.23. The van der Waals surface area contributed by atoms with Gasteiger partial charge in [-0.1, -0.05) is 29.2 Å². The molecular formula is C8H26OSi. The molecule has 0 aliphatic heterocycles. The average molecular weight is 166 g/mol. The van der Waals surface area contributed by atoms with Crippen molar-refractivity contribution in [1.82, 2.24) is 0 Å². The van der Waals surface area contributed by atoms with Gasteiger partial charge < -0.3 is 4.43 Å². The zero-order valence-electron chi connectivity index (χ0n) is 5.62. The normalized spacial score (nSPS) is 8.40. The third-order valence-electron chi connectivity index (χ3n) is 1.40. The molecule has 0 unspecified atom stereocenters. The standard InChI is InChI=1S/C5H14OSi.3CH4/c1-5-7(3,4)6-2;;;/h5H2,1-4H3;3*1H4. The summed E-state index contributed by atoms with van der Waals surface area (Å²) < 4.78 is 5.23. The van der Waals surface area contributed by atoms with Crippen LogP contribution in [0.1, 0.15) is 29.2 Å². The summed E-state index contributed by atoms with van der Waals surface area (Å²) in [5.74, 6) is 0. The molecule has 0 heterocycles. The maximum Gasteiger partial charge on any atom is 0.185 e. The van der Waals surface area contributed by atoms with Crippen LogP contribution in [-0.4, -0.2) is 15.4 Å². The van der Waals surface area contributed by atoms with Crippen molar-refractivity contribution in [2.45, 2.75) is 48.3 Å². The van der Waals surface area contributed by atoms with Crippen LogP contribution in [0, 0.1) is 0 Å². The number of hydrogen-bond donors (Lipinski definition) is 0. The van der Waals surface area contributed by atoms with E-state index in [1.54, 1.807) is 7.11 Å². The van der Waals surface area contributed by atoms with E-state index in [-0.39, 0.29) is 22.3 Å². The van der Waals surface area contributed by atoms with Crippen LogP contribution in [0.25, 0.3) is 0 Å². The highest BCUT2D eigenvalue weighted by molar-refractivity contribution is 6.70. The van der Waals surface area contributed by atoms with Crippen LogP contribution in [0.5, 0.6) is 0 Å². The molecule has 0 aliphatic rings. The zero-order chi connectivity index (χ0) is 5.91. The summed E-state index contributed by atoms with van der Waals surface area (Å²) in [6.45, 7) is 6.61. The van der Waals surface area contributed by atoms with Gasteiger partial charge in [-0.05, 0) is 19.1 Å². The van der Waals surface area contributed by atoms with Crippen molar-refractivity contribution >= 4 is 8.32 Å². The summed E-state index contributed by atoms with van der Waals surface area (Å²) in [4.78, 5) is 0. The summed E-state index contributed by atoms with van der Waals surface area (Å²) in [7, 11) is 0.650. The van der Waals surface area contributed by atoms with Crippen LogP contribution >= 0.6 is 0 Å².